The first kappa shape index (κ1) is 15.4. The molecule has 18 heavy (non-hydrogen) atoms. The molecule has 0 bridgehead atoms. The van der Waals surface area contributed by atoms with E-state index in [0.717, 1.165) is 25.8 Å². The van der Waals surface area contributed by atoms with Crippen LogP contribution in [0, 0.1) is 0 Å². The number of ether oxygens (including phenoxy) is 1. The number of hydrogen-bond acceptors (Lipinski definition) is 3. The van der Waals surface area contributed by atoms with Crippen LogP contribution in [-0.2, 0) is 9.53 Å². The fraction of sp³-hybridized carbons (Fsp3) is 0.929. The summed E-state index contributed by atoms with van der Waals surface area (Å²) in [6.45, 7) is 5.67. The van der Waals surface area contributed by atoms with Gasteiger partial charge in [-0.15, -0.1) is 0 Å². The number of amides is 1. The topological polar surface area (TPSA) is 41.6 Å². The van der Waals surface area contributed by atoms with Gasteiger partial charge in [-0.25, -0.2) is 0 Å². The van der Waals surface area contributed by atoms with E-state index >= 15 is 0 Å². The number of hydrogen-bond donors (Lipinski definition) is 1. The molecule has 0 aromatic rings. The largest absolute Gasteiger partial charge is 0.382 e. The van der Waals surface area contributed by atoms with Crippen LogP contribution in [-0.4, -0.2) is 49.7 Å². The Hall–Kier alpha value is -0.610. The molecule has 0 saturated heterocycles. The summed E-state index contributed by atoms with van der Waals surface area (Å²) in [5.41, 5.74) is -0.117. The van der Waals surface area contributed by atoms with E-state index in [2.05, 4.69) is 24.1 Å². The van der Waals surface area contributed by atoms with Gasteiger partial charge >= 0.3 is 0 Å². The van der Waals surface area contributed by atoms with Gasteiger partial charge in [0.15, 0.2) is 0 Å². The predicted octanol–water partition coefficient (Wildman–Crippen LogP) is 1.79. The first-order valence-electron chi connectivity index (χ1n) is 7.09. The van der Waals surface area contributed by atoms with Crippen molar-refractivity contribution in [3.8, 4) is 0 Å². The minimum Gasteiger partial charge on any atom is -0.382 e. The maximum absolute atomic E-state index is 12.4. The van der Waals surface area contributed by atoms with E-state index in [-0.39, 0.29) is 17.5 Å². The lowest BCUT2D eigenvalue weighted by molar-refractivity contribution is -0.128. The molecule has 1 saturated carbocycles. The Balaban J connectivity index is 2.65. The third kappa shape index (κ3) is 3.69. The third-order valence-electron chi connectivity index (χ3n) is 4.09. The molecular formula is C14H28N2O2. The third-order valence-corrected chi connectivity index (χ3v) is 4.09. The van der Waals surface area contributed by atoms with Crippen LogP contribution in [0.25, 0.3) is 0 Å². The highest BCUT2D eigenvalue weighted by molar-refractivity contribution is 5.82. The van der Waals surface area contributed by atoms with E-state index in [1.165, 1.54) is 12.8 Å². The van der Waals surface area contributed by atoms with Crippen LogP contribution in [0.3, 0.4) is 0 Å². The van der Waals surface area contributed by atoms with Crippen LogP contribution in [0.15, 0.2) is 0 Å². The highest BCUT2D eigenvalue weighted by Gasteiger charge is 2.37. The Kier molecular flexibility index (Phi) is 6.09. The summed E-state index contributed by atoms with van der Waals surface area (Å²) in [6, 6.07) is -0.0238. The van der Waals surface area contributed by atoms with Gasteiger partial charge in [-0.3, -0.25) is 9.69 Å². The molecule has 0 radical (unpaired) electrons. The Morgan fingerprint density at radius 2 is 2.00 bits per heavy atom. The van der Waals surface area contributed by atoms with Crippen molar-refractivity contribution in [3.63, 3.8) is 0 Å². The van der Waals surface area contributed by atoms with Crippen LogP contribution >= 0.6 is 0 Å². The normalized spacial score (nSPS) is 20.1. The standard InChI is InChI=1S/C14H28N2O2/c1-5-12(16(3)6-2)13(17)15-14(11-18-4)9-7-8-10-14/h12H,5-11H2,1-4H3,(H,15,17). The van der Waals surface area contributed by atoms with Gasteiger partial charge in [0.25, 0.3) is 0 Å². The second-order valence-corrected chi connectivity index (χ2v) is 5.41. The SMILES string of the molecule is CCC(C(=O)NC1(COC)CCCC1)N(C)CC. The van der Waals surface area contributed by atoms with Crippen molar-refractivity contribution in [1.82, 2.24) is 10.2 Å². The maximum Gasteiger partial charge on any atom is 0.237 e. The zero-order valence-corrected chi connectivity index (χ0v) is 12.3. The van der Waals surface area contributed by atoms with E-state index in [1.807, 2.05) is 7.05 Å². The van der Waals surface area contributed by atoms with Crippen LogP contribution < -0.4 is 5.32 Å². The maximum atomic E-state index is 12.4. The molecule has 0 aromatic heterocycles. The lowest BCUT2D eigenvalue weighted by Gasteiger charge is -2.33. The predicted molar refractivity (Wildman–Crippen MR) is 73.6 cm³/mol. The Labute approximate surface area is 111 Å². The summed E-state index contributed by atoms with van der Waals surface area (Å²) >= 11 is 0. The van der Waals surface area contributed by atoms with Gasteiger partial charge in [-0.1, -0.05) is 26.7 Å². The lowest BCUT2D eigenvalue weighted by Crippen LogP contribution is -2.55. The summed E-state index contributed by atoms with van der Waals surface area (Å²) in [7, 11) is 3.72. The average molecular weight is 256 g/mol. The molecule has 1 N–H and O–H groups in total. The van der Waals surface area contributed by atoms with Gasteiger partial charge in [-0.2, -0.15) is 0 Å². The number of likely N-dealkylation sites (N-methyl/N-ethyl adjacent to an activating group) is 1. The van der Waals surface area contributed by atoms with E-state index < -0.39 is 0 Å². The van der Waals surface area contributed by atoms with Crippen LogP contribution in [0.1, 0.15) is 46.0 Å². The summed E-state index contributed by atoms with van der Waals surface area (Å²) in [6.07, 6.45) is 5.30. The molecule has 4 nitrogen and oxygen atoms in total. The van der Waals surface area contributed by atoms with E-state index in [1.54, 1.807) is 7.11 Å². The molecule has 0 aliphatic heterocycles. The van der Waals surface area contributed by atoms with E-state index in [9.17, 15) is 4.79 Å². The number of nitrogens with one attached hydrogen (secondary N) is 1. The van der Waals surface area contributed by atoms with Gasteiger partial charge in [-0.05, 0) is 32.9 Å². The molecule has 1 rings (SSSR count). The number of nitrogens with zero attached hydrogens (tertiary/aromatic N) is 1. The zero-order chi connectivity index (χ0) is 13.6. The fourth-order valence-electron chi connectivity index (χ4n) is 2.90. The molecule has 0 spiro atoms. The van der Waals surface area contributed by atoms with Crippen molar-refractivity contribution < 1.29 is 9.53 Å². The minimum absolute atomic E-state index is 0.0238. The van der Waals surface area contributed by atoms with Gasteiger partial charge in [0.05, 0.1) is 18.2 Å². The molecular weight excluding hydrogens is 228 g/mol. The molecule has 1 fully saturated rings. The van der Waals surface area contributed by atoms with E-state index in [0.29, 0.717) is 6.61 Å². The first-order chi connectivity index (χ1) is 8.58. The lowest BCUT2D eigenvalue weighted by atomic mass is 9.97. The first-order valence-corrected chi connectivity index (χ1v) is 7.09. The Morgan fingerprint density at radius 1 is 1.39 bits per heavy atom. The quantitative estimate of drug-likeness (QED) is 0.755. The van der Waals surface area contributed by atoms with Crippen LogP contribution in [0.5, 0.6) is 0 Å². The molecule has 0 aromatic carbocycles. The van der Waals surface area contributed by atoms with Gasteiger partial charge in [0.1, 0.15) is 0 Å². The number of methoxy groups -OCH3 is 1. The summed E-state index contributed by atoms with van der Waals surface area (Å²) in [4.78, 5) is 14.5. The molecule has 1 unspecified atom stereocenters. The van der Waals surface area contributed by atoms with Crippen molar-refractivity contribution >= 4 is 5.91 Å². The highest BCUT2D eigenvalue weighted by atomic mass is 16.5. The molecule has 1 amide bonds. The molecule has 0 heterocycles. The molecule has 1 atom stereocenters. The second kappa shape index (κ2) is 7.10. The number of carbonyl (C=O) groups is 1. The smallest absolute Gasteiger partial charge is 0.237 e. The Morgan fingerprint density at radius 3 is 2.44 bits per heavy atom. The Bertz CT molecular complexity index is 263. The van der Waals surface area contributed by atoms with Crippen molar-refractivity contribution in [2.75, 3.05) is 27.3 Å². The van der Waals surface area contributed by atoms with Gasteiger partial charge in [0, 0.05) is 7.11 Å². The van der Waals surface area contributed by atoms with Crippen LogP contribution in [0.4, 0.5) is 0 Å². The summed E-state index contributed by atoms with van der Waals surface area (Å²) < 4.78 is 5.30. The molecule has 1 aliphatic rings. The number of carbonyl (C=O) groups excluding carboxylic acids is 1. The van der Waals surface area contributed by atoms with Crippen molar-refractivity contribution in [1.29, 1.82) is 0 Å². The molecule has 106 valence electrons. The summed E-state index contributed by atoms with van der Waals surface area (Å²) in [5.74, 6) is 0.154. The van der Waals surface area contributed by atoms with E-state index in [4.69, 9.17) is 4.74 Å². The van der Waals surface area contributed by atoms with Crippen molar-refractivity contribution in [2.24, 2.45) is 0 Å². The van der Waals surface area contributed by atoms with Gasteiger partial charge in [0.2, 0.25) is 5.91 Å². The minimum atomic E-state index is -0.117. The summed E-state index contributed by atoms with van der Waals surface area (Å²) in [5, 5.41) is 3.25. The monoisotopic (exact) mass is 256 g/mol. The van der Waals surface area contributed by atoms with Gasteiger partial charge < -0.3 is 10.1 Å². The molecule has 4 heteroatoms. The fourth-order valence-corrected chi connectivity index (χ4v) is 2.90. The molecule has 1 aliphatic carbocycles. The second-order valence-electron chi connectivity index (χ2n) is 5.41. The number of rotatable bonds is 7. The van der Waals surface area contributed by atoms with Crippen LogP contribution in [0.2, 0.25) is 0 Å². The van der Waals surface area contributed by atoms with Crippen molar-refractivity contribution in [3.05, 3.63) is 0 Å². The average Bonchev–Trinajstić information content (AvgIpc) is 2.78. The van der Waals surface area contributed by atoms with Crippen molar-refractivity contribution in [2.45, 2.75) is 57.5 Å². The highest BCUT2D eigenvalue weighted by Crippen LogP contribution is 2.30. The zero-order valence-electron chi connectivity index (χ0n) is 12.3.